The molecule has 0 aliphatic carbocycles. The lowest BCUT2D eigenvalue weighted by Gasteiger charge is -2.17. The fourth-order valence-electron chi connectivity index (χ4n) is 1.75. The number of carbonyl (C=O) groups is 1. The van der Waals surface area contributed by atoms with E-state index in [0.717, 1.165) is 11.3 Å². The molecule has 100 valence electrons. The first-order chi connectivity index (χ1) is 9.10. The molecule has 6 heteroatoms. The van der Waals surface area contributed by atoms with Gasteiger partial charge in [0.05, 0.1) is 6.61 Å². The van der Waals surface area contributed by atoms with E-state index in [-0.39, 0.29) is 12.5 Å². The number of likely N-dealkylation sites (N-methyl/N-ethyl adjacent to an activating group) is 1. The second-order valence-electron chi connectivity index (χ2n) is 4.20. The van der Waals surface area contributed by atoms with Crippen molar-refractivity contribution in [2.45, 2.75) is 0 Å². The lowest BCUT2D eigenvalue weighted by Crippen LogP contribution is -2.21. The number of aliphatic hydroxyl groups is 1. The first-order valence-corrected chi connectivity index (χ1v) is 6.27. The van der Waals surface area contributed by atoms with E-state index >= 15 is 0 Å². The van der Waals surface area contributed by atoms with Crippen LogP contribution in [0.3, 0.4) is 0 Å². The Hall–Kier alpha value is -1.92. The molecule has 0 atom stereocenters. The van der Waals surface area contributed by atoms with E-state index in [4.69, 9.17) is 17.3 Å². The molecule has 5 nitrogen and oxygen atoms in total. The maximum atomic E-state index is 11.5. The molecule has 0 bridgehead atoms. The zero-order valence-corrected chi connectivity index (χ0v) is 11.3. The van der Waals surface area contributed by atoms with Crippen molar-refractivity contribution in [1.29, 1.82) is 0 Å². The molecule has 0 spiro atoms. The predicted octanol–water partition coefficient (Wildman–Crippen LogP) is 0.460. The number of hydrogen-bond donors (Lipinski definition) is 3. The van der Waals surface area contributed by atoms with Gasteiger partial charge in [-0.1, -0.05) is 12.1 Å². The SMILES string of the molecule is CN(CCO)c1ccc(/C=C2\NC(=S)NC2=O)cc1. The summed E-state index contributed by atoms with van der Waals surface area (Å²) >= 11 is 4.86. The van der Waals surface area contributed by atoms with Gasteiger partial charge in [0, 0.05) is 19.3 Å². The molecule has 0 radical (unpaired) electrons. The van der Waals surface area contributed by atoms with Crippen molar-refractivity contribution >= 4 is 35.0 Å². The van der Waals surface area contributed by atoms with Crippen molar-refractivity contribution in [2.75, 3.05) is 25.1 Å². The fraction of sp³-hybridized carbons (Fsp3) is 0.231. The average Bonchev–Trinajstić information content (AvgIpc) is 2.69. The molecule has 1 amide bonds. The Bertz CT molecular complexity index is 525. The smallest absolute Gasteiger partial charge is 0.273 e. The van der Waals surface area contributed by atoms with Gasteiger partial charge in [0.25, 0.3) is 5.91 Å². The molecule has 0 unspecified atom stereocenters. The van der Waals surface area contributed by atoms with Crippen molar-refractivity contribution in [3.63, 3.8) is 0 Å². The number of anilines is 1. The number of hydrogen-bond acceptors (Lipinski definition) is 4. The molecule has 1 saturated heterocycles. The minimum Gasteiger partial charge on any atom is -0.395 e. The molecule has 2 rings (SSSR count). The van der Waals surface area contributed by atoms with Gasteiger partial charge < -0.3 is 15.3 Å². The topological polar surface area (TPSA) is 64.6 Å². The lowest BCUT2D eigenvalue weighted by molar-refractivity contribution is -0.115. The van der Waals surface area contributed by atoms with Crippen molar-refractivity contribution in [3.05, 3.63) is 35.5 Å². The highest BCUT2D eigenvalue weighted by Gasteiger charge is 2.19. The number of nitrogens with one attached hydrogen (secondary N) is 2. The Balaban J connectivity index is 2.13. The summed E-state index contributed by atoms with van der Waals surface area (Å²) in [6.07, 6.45) is 1.74. The van der Waals surface area contributed by atoms with Gasteiger partial charge >= 0.3 is 0 Å². The molecule has 1 fully saturated rings. The molecule has 0 saturated carbocycles. The quantitative estimate of drug-likeness (QED) is 0.551. The first kappa shape index (κ1) is 13.5. The summed E-state index contributed by atoms with van der Waals surface area (Å²) in [6.45, 7) is 0.697. The van der Waals surface area contributed by atoms with Gasteiger partial charge in [-0.3, -0.25) is 10.1 Å². The van der Waals surface area contributed by atoms with Crippen LogP contribution < -0.4 is 15.5 Å². The zero-order chi connectivity index (χ0) is 13.8. The van der Waals surface area contributed by atoms with E-state index < -0.39 is 0 Å². The summed E-state index contributed by atoms with van der Waals surface area (Å²) in [5.74, 6) is -0.216. The van der Waals surface area contributed by atoms with Crippen LogP contribution in [0.1, 0.15) is 5.56 Å². The van der Waals surface area contributed by atoms with E-state index in [1.54, 1.807) is 6.08 Å². The second-order valence-corrected chi connectivity index (χ2v) is 4.61. The van der Waals surface area contributed by atoms with E-state index in [2.05, 4.69) is 10.6 Å². The van der Waals surface area contributed by atoms with Crippen LogP contribution in [0.15, 0.2) is 30.0 Å². The fourth-order valence-corrected chi connectivity index (χ4v) is 1.96. The molecule has 1 aliphatic heterocycles. The molecule has 1 aromatic rings. The molecule has 1 aromatic carbocycles. The maximum Gasteiger partial charge on any atom is 0.273 e. The number of carbonyl (C=O) groups excluding carboxylic acids is 1. The Morgan fingerprint density at radius 1 is 1.32 bits per heavy atom. The summed E-state index contributed by atoms with van der Waals surface area (Å²) in [6, 6.07) is 7.69. The first-order valence-electron chi connectivity index (χ1n) is 5.86. The van der Waals surface area contributed by atoms with E-state index in [0.29, 0.717) is 17.4 Å². The van der Waals surface area contributed by atoms with E-state index in [9.17, 15) is 4.79 Å². The summed E-state index contributed by atoms with van der Waals surface area (Å²) < 4.78 is 0. The van der Waals surface area contributed by atoms with Crippen LogP contribution in [0, 0.1) is 0 Å². The van der Waals surface area contributed by atoms with Crippen molar-refractivity contribution in [2.24, 2.45) is 0 Å². The van der Waals surface area contributed by atoms with Gasteiger partial charge in [-0.2, -0.15) is 0 Å². The predicted molar refractivity (Wildman–Crippen MR) is 78.7 cm³/mol. The summed E-state index contributed by atoms with van der Waals surface area (Å²) in [7, 11) is 1.91. The van der Waals surface area contributed by atoms with Crippen LogP contribution in [0.25, 0.3) is 6.08 Å². The summed E-state index contributed by atoms with van der Waals surface area (Å²) in [5, 5.41) is 14.5. The van der Waals surface area contributed by atoms with Gasteiger partial charge in [-0.05, 0) is 36.0 Å². The van der Waals surface area contributed by atoms with Gasteiger partial charge in [-0.15, -0.1) is 0 Å². The lowest BCUT2D eigenvalue weighted by atomic mass is 10.1. The minimum atomic E-state index is -0.216. The highest BCUT2D eigenvalue weighted by atomic mass is 32.1. The number of rotatable bonds is 4. The van der Waals surface area contributed by atoms with Gasteiger partial charge in [-0.25, -0.2) is 0 Å². The normalized spacial score (nSPS) is 16.4. The highest BCUT2D eigenvalue weighted by Crippen LogP contribution is 2.15. The van der Waals surface area contributed by atoms with Crippen LogP contribution in [0.5, 0.6) is 0 Å². The molecular weight excluding hydrogens is 262 g/mol. The summed E-state index contributed by atoms with van der Waals surface area (Å²) in [4.78, 5) is 13.4. The van der Waals surface area contributed by atoms with Gasteiger partial charge in [0.2, 0.25) is 0 Å². The van der Waals surface area contributed by atoms with Crippen molar-refractivity contribution < 1.29 is 9.90 Å². The third-order valence-electron chi connectivity index (χ3n) is 2.80. The average molecular weight is 277 g/mol. The van der Waals surface area contributed by atoms with Crippen molar-refractivity contribution in [3.8, 4) is 0 Å². The van der Waals surface area contributed by atoms with Crippen LogP contribution in [-0.4, -0.2) is 36.3 Å². The van der Waals surface area contributed by atoms with Crippen LogP contribution in [0.4, 0.5) is 5.69 Å². The van der Waals surface area contributed by atoms with E-state index in [1.807, 2.05) is 36.2 Å². The zero-order valence-electron chi connectivity index (χ0n) is 10.5. The van der Waals surface area contributed by atoms with Gasteiger partial charge in [0.15, 0.2) is 5.11 Å². The monoisotopic (exact) mass is 277 g/mol. The third kappa shape index (κ3) is 3.30. The molecule has 0 aromatic heterocycles. The Labute approximate surface area is 116 Å². The number of aliphatic hydroxyl groups excluding tert-OH is 1. The van der Waals surface area contributed by atoms with Crippen molar-refractivity contribution in [1.82, 2.24) is 10.6 Å². The second kappa shape index (κ2) is 5.81. The molecule has 1 heterocycles. The largest absolute Gasteiger partial charge is 0.395 e. The molecule has 19 heavy (non-hydrogen) atoms. The van der Waals surface area contributed by atoms with Crippen LogP contribution in [-0.2, 0) is 4.79 Å². The standard InChI is InChI=1S/C13H15N3O2S/c1-16(6-7-17)10-4-2-9(3-5-10)8-11-12(18)15-13(19)14-11/h2-5,8,17H,6-7H2,1H3,(H2,14,15,18,19)/b11-8-. The van der Waals surface area contributed by atoms with Gasteiger partial charge in [0.1, 0.15) is 5.70 Å². The minimum absolute atomic E-state index is 0.115. The Morgan fingerprint density at radius 2 is 2.00 bits per heavy atom. The van der Waals surface area contributed by atoms with E-state index in [1.165, 1.54) is 0 Å². The molecule has 1 aliphatic rings. The number of benzene rings is 1. The molecular formula is C13H15N3O2S. The number of nitrogens with zero attached hydrogens (tertiary/aromatic N) is 1. The number of amides is 1. The Kier molecular flexibility index (Phi) is 4.13. The van der Waals surface area contributed by atoms with Crippen LogP contribution in [0.2, 0.25) is 0 Å². The third-order valence-corrected chi connectivity index (χ3v) is 3.00. The number of thiocarbonyl (C=S) groups is 1. The summed E-state index contributed by atoms with van der Waals surface area (Å²) in [5.41, 5.74) is 2.36. The molecule has 3 N–H and O–H groups in total. The maximum absolute atomic E-state index is 11.5. The highest BCUT2D eigenvalue weighted by molar-refractivity contribution is 7.80. The Morgan fingerprint density at radius 3 is 2.53 bits per heavy atom. The van der Waals surface area contributed by atoms with Crippen LogP contribution >= 0.6 is 12.2 Å².